The van der Waals surface area contributed by atoms with E-state index in [-0.39, 0.29) is 37.0 Å². The standard InChI is InChI=1S/C32H31ClFN7O2/c1-3-29(42)41-12-11-40(18-23(41)9-10-35)31-25-8-7-20(26-16-36-15-21-5-4-6-27(33)30(21)26)13-28(25)37-32(38-31)43-19-24-14-22(34)17-39(24)2/h3-8,13,15-16,22-24H,1,9,11-12,14,17-19H2,2H3/t22-,23+,24+/m1/s1. The quantitative estimate of drug-likeness (QED) is 0.273. The molecule has 3 atom stereocenters. The molecule has 4 heterocycles. The minimum atomic E-state index is -0.887. The van der Waals surface area contributed by atoms with Gasteiger partial charge >= 0.3 is 6.01 Å². The van der Waals surface area contributed by atoms with Crippen LogP contribution in [0.25, 0.3) is 32.8 Å². The number of likely N-dealkylation sites (N-methyl/N-ethyl adjacent to an activating group) is 1. The third-order valence-electron chi connectivity index (χ3n) is 8.31. The summed E-state index contributed by atoms with van der Waals surface area (Å²) in [7, 11) is 1.88. The summed E-state index contributed by atoms with van der Waals surface area (Å²) in [6, 6.07) is 13.7. The van der Waals surface area contributed by atoms with Crippen LogP contribution in [-0.4, -0.2) is 88.7 Å². The molecule has 0 bridgehead atoms. The van der Waals surface area contributed by atoms with Gasteiger partial charge in [-0.05, 0) is 43.3 Å². The maximum absolute atomic E-state index is 14.0. The molecule has 0 spiro atoms. The Balaban J connectivity index is 1.41. The number of rotatable bonds is 7. The number of carbonyl (C=O) groups excluding carboxylic acids is 1. The van der Waals surface area contributed by atoms with Crippen molar-refractivity contribution in [2.45, 2.75) is 31.1 Å². The van der Waals surface area contributed by atoms with Crippen molar-refractivity contribution in [1.82, 2.24) is 24.8 Å². The Morgan fingerprint density at radius 1 is 1.21 bits per heavy atom. The normalized spacial score (nSPS) is 20.8. The van der Waals surface area contributed by atoms with Gasteiger partial charge in [0.05, 0.1) is 24.0 Å². The third-order valence-corrected chi connectivity index (χ3v) is 8.62. The van der Waals surface area contributed by atoms with Crippen LogP contribution >= 0.6 is 11.6 Å². The summed E-state index contributed by atoms with van der Waals surface area (Å²) in [5, 5.41) is 12.7. The number of piperazine rings is 1. The number of likely N-dealkylation sites (tertiary alicyclic amines) is 1. The maximum atomic E-state index is 14.0. The molecular weight excluding hydrogens is 569 g/mol. The average molecular weight is 600 g/mol. The molecule has 2 aromatic carbocycles. The van der Waals surface area contributed by atoms with Gasteiger partial charge in [-0.1, -0.05) is 36.4 Å². The molecule has 43 heavy (non-hydrogen) atoms. The zero-order valence-electron chi connectivity index (χ0n) is 23.8. The Labute approximate surface area is 254 Å². The van der Waals surface area contributed by atoms with Crippen molar-refractivity contribution in [3.05, 3.63) is 66.5 Å². The van der Waals surface area contributed by atoms with Gasteiger partial charge in [0.1, 0.15) is 18.6 Å². The summed E-state index contributed by atoms with van der Waals surface area (Å²) in [6.45, 7) is 5.58. The van der Waals surface area contributed by atoms with Gasteiger partial charge in [-0.25, -0.2) is 4.39 Å². The number of carbonyl (C=O) groups is 1. The Bertz CT molecular complexity index is 1740. The smallest absolute Gasteiger partial charge is 0.319 e. The summed E-state index contributed by atoms with van der Waals surface area (Å²) in [5.74, 6) is 0.452. The van der Waals surface area contributed by atoms with Crippen LogP contribution in [0.4, 0.5) is 10.2 Å². The zero-order chi connectivity index (χ0) is 30.1. The molecule has 2 aliphatic heterocycles. The van der Waals surface area contributed by atoms with E-state index in [1.807, 2.05) is 48.3 Å². The van der Waals surface area contributed by atoms with Crippen LogP contribution in [0.15, 0.2) is 61.4 Å². The minimum Gasteiger partial charge on any atom is -0.462 e. The van der Waals surface area contributed by atoms with Crippen molar-refractivity contribution in [2.75, 3.05) is 44.7 Å². The highest BCUT2D eigenvalue weighted by molar-refractivity contribution is 6.36. The Morgan fingerprint density at radius 2 is 2.07 bits per heavy atom. The number of halogens is 2. The lowest BCUT2D eigenvalue weighted by atomic mass is 9.99. The van der Waals surface area contributed by atoms with Gasteiger partial charge in [-0.3, -0.25) is 14.7 Å². The Kier molecular flexibility index (Phi) is 8.10. The fraction of sp³-hybridized carbons (Fsp3) is 0.344. The maximum Gasteiger partial charge on any atom is 0.319 e. The predicted octanol–water partition coefficient (Wildman–Crippen LogP) is 5.04. The molecule has 0 N–H and O–H groups in total. The summed E-state index contributed by atoms with van der Waals surface area (Å²) in [5.41, 5.74) is 2.42. The molecule has 2 saturated heterocycles. The number of pyridine rings is 1. The van der Waals surface area contributed by atoms with Gasteiger partial charge in [0, 0.05) is 71.4 Å². The van der Waals surface area contributed by atoms with Crippen LogP contribution in [0.1, 0.15) is 12.8 Å². The second-order valence-corrected chi connectivity index (χ2v) is 11.4. The predicted molar refractivity (Wildman–Crippen MR) is 165 cm³/mol. The van der Waals surface area contributed by atoms with E-state index in [1.54, 1.807) is 17.3 Å². The first-order valence-electron chi connectivity index (χ1n) is 14.2. The molecule has 9 nitrogen and oxygen atoms in total. The molecule has 220 valence electrons. The van der Waals surface area contributed by atoms with Crippen molar-refractivity contribution >= 4 is 45.0 Å². The van der Waals surface area contributed by atoms with Crippen molar-refractivity contribution in [3.63, 3.8) is 0 Å². The van der Waals surface area contributed by atoms with E-state index in [9.17, 15) is 14.4 Å². The summed E-state index contributed by atoms with van der Waals surface area (Å²) < 4.78 is 20.1. The number of fused-ring (bicyclic) bond motifs is 2. The van der Waals surface area contributed by atoms with Crippen LogP contribution in [0.5, 0.6) is 6.01 Å². The van der Waals surface area contributed by atoms with E-state index in [2.05, 4.69) is 22.5 Å². The number of alkyl halides is 1. The summed E-state index contributed by atoms with van der Waals surface area (Å²) >= 11 is 6.62. The van der Waals surface area contributed by atoms with Crippen LogP contribution in [0.3, 0.4) is 0 Å². The molecule has 4 aromatic rings. The van der Waals surface area contributed by atoms with Gasteiger partial charge in [-0.2, -0.15) is 15.2 Å². The highest BCUT2D eigenvalue weighted by Crippen LogP contribution is 2.36. The first-order valence-corrected chi connectivity index (χ1v) is 14.6. The molecule has 0 saturated carbocycles. The number of hydrogen-bond acceptors (Lipinski definition) is 8. The second kappa shape index (κ2) is 12.1. The Morgan fingerprint density at radius 3 is 2.84 bits per heavy atom. The fourth-order valence-corrected chi connectivity index (χ4v) is 6.37. The van der Waals surface area contributed by atoms with Gasteiger partial charge in [-0.15, -0.1) is 0 Å². The van der Waals surface area contributed by atoms with Gasteiger partial charge in [0.25, 0.3) is 0 Å². The lowest BCUT2D eigenvalue weighted by Gasteiger charge is -2.41. The topological polar surface area (TPSA) is 98.5 Å². The summed E-state index contributed by atoms with van der Waals surface area (Å²) in [6.07, 6.45) is 4.55. The number of nitrogens with zero attached hydrogens (tertiary/aromatic N) is 7. The fourth-order valence-electron chi connectivity index (χ4n) is 6.09. The number of nitriles is 1. The Hall–Kier alpha value is -4.33. The molecule has 6 rings (SSSR count). The summed E-state index contributed by atoms with van der Waals surface area (Å²) in [4.78, 5) is 32.2. The lowest BCUT2D eigenvalue weighted by molar-refractivity contribution is -0.128. The van der Waals surface area contributed by atoms with Gasteiger partial charge in [0.2, 0.25) is 5.91 Å². The van der Waals surface area contributed by atoms with Crippen LogP contribution in [-0.2, 0) is 4.79 Å². The first kappa shape index (κ1) is 28.8. The van der Waals surface area contributed by atoms with Crippen LogP contribution in [0.2, 0.25) is 5.02 Å². The molecule has 0 unspecified atom stereocenters. The van der Waals surface area contributed by atoms with E-state index in [4.69, 9.17) is 26.3 Å². The molecule has 2 fully saturated rings. The lowest BCUT2D eigenvalue weighted by Crippen LogP contribution is -2.55. The van der Waals surface area contributed by atoms with E-state index >= 15 is 0 Å². The average Bonchev–Trinajstić information content (AvgIpc) is 3.35. The van der Waals surface area contributed by atoms with Gasteiger partial charge in [0.15, 0.2) is 0 Å². The van der Waals surface area contributed by atoms with Gasteiger partial charge < -0.3 is 14.5 Å². The molecular formula is C32H31ClFN7O2. The van der Waals surface area contributed by atoms with E-state index in [1.165, 1.54) is 6.08 Å². The number of aromatic nitrogens is 3. The minimum absolute atomic E-state index is 0.0820. The second-order valence-electron chi connectivity index (χ2n) is 11.0. The van der Waals surface area contributed by atoms with Crippen molar-refractivity contribution in [1.29, 1.82) is 5.26 Å². The highest BCUT2D eigenvalue weighted by atomic mass is 35.5. The molecule has 2 aliphatic rings. The first-order chi connectivity index (χ1) is 20.9. The van der Waals surface area contributed by atoms with Crippen molar-refractivity contribution in [3.8, 4) is 23.2 Å². The van der Waals surface area contributed by atoms with Crippen LogP contribution in [0, 0.1) is 11.3 Å². The SMILES string of the molecule is C=CC(=O)N1CCN(c2nc(OC[C@@H]3C[C@@H](F)CN3C)nc3cc(-c4cncc5cccc(Cl)c45)ccc23)C[C@@H]1CC#N. The largest absolute Gasteiger partial charge is 0.462 e. The number of amides is 1. The molecule has 2 aromatic heterocycles. The molecule has 0 radical (unpaired) electrons. The zero-order valence-corrected chi connectivity index (χ0v) is 24.5. The molecule has 11 heteroatoms. The number of anilines is 1. The number of hydrogen-bond donors (Lipinski definition) is 0. The van der Waals surface area contributed by atoms with E-state index in [0.717, 1.165) is 27.3 Å². The van der Waals surface area contributed by atoms with Crippen LogP contribution < -0.4 is 9.64 Å². The third kappa shape index (κ3) is 5.70. The number of benzene rings is 2. The molecule has 1 amide bonds. The molecule has 0 aliphatic carbocycles. The van der Waals surface area contributed by atoms with Crippen molar-refractivity contribution < 1.29 is 13.9 Å². The van der Waals surface area contributed by atoms with E-state index in [0.29, 0.717) is 49.0 Å². The number of ether oxygens (including phenoxy) is 1. The van der Waals surface area contributed by atoms with E-state index < -0.39 is 6.17 Å². The highest BCUT2D eigenvalue weighted by Gasteiger charge is 2.32. The van der Waals surface area contributed by atoms with Crippen molar-refractivity contribution in [2.24, 2.45) is 0 Å². The monoisotopic (exact) mass is 599 g/mol.